The number of hydrogen-bond donors (Lipinski definition) is 1. The van der Waals surface area contributed by atoms with Gasteiger partial charge >= 0.3 is 6.18 Å². The lowest BCUT2D eigenvalue weighted by molar-refractivity contribution is -0.139. The Balaban J connectivity index is 1.18. The number of H-pyrrole nitrogens is 1. The molecule has 1 N–H and O–H groups in total. The number of nitrogens with zero attached hydrogens (tertiary/aromatic N) is 7. The van der Waals surface area contributed by atoms with Crippen molar-refractivity contribution in [2.45, 2.75) is 51.9 Å². The molecule has 240 valence electrons. The van der Waals surface area contributed by atoms with Gasteiger partial charge in [-0.1, -0.05) is 26.0 Å². The molecule has 6 rings (SSSR count). The number of likely N-dealkylation sites (N-methyl/N-ethyl adjacent to an activating group) is 1. The maximum Gasteiger partial charge on any atom is 0.416 e. The maximum absolute atomic E-state index is 14.2. The Morgan fingerprint density at radius 1 is 1.09 bits per heavy atom. The minimum atomic E-state index is -4.52. The van der Waals surface area contributed by atoms with E-state index in [0.717, 1.165) is 56.5 Å². The van der Waals surface area contributed by atoms with Crippen LogP contribution in [-0.2, 0) is 30.5 Å². The van der Waals surface area contributed by atoms with Gasteiger partial charge < -0.3 is 19.5 Å². The molecule has 1 aromatic carbocycles. The van der Waals surface area contributed by atoms with Gasteiger partial charge in [0.2, 0.25) is 11.8 Å². The predicted octanol–water partition coefficient (Wildman–Crippen LogP) is 5.25. The zero-order valence-corrected chi connectivity index (χ0v) is 25.8. The van der Waals surface area contributed by atoms with Crippen LogP contribution in [0.25, 0.3) is 11.0 Å². The Hall–Kier alpha value is -4.54. The number of ether oxygens (including phenoxy) is 1. The van der Waals surface area contributed by atoms with E-state index in [4.69, 9.17) is 4.74 Å². The molecule has 0 radical (unpaired) electrons. The summed E-state index contributed by atoms with van der Waals surface area (Å²) in [6, 6.07) is 9.77. The van der Waals surface area contributed by atoms with Crippen molar-refractivity contribution in [3.8, 4) is 17.7 Å². The van der Waals surface area contributed by atoms with Crippen LogP contribution in [0, 0.1) is 11.3 Å². The van der Waals surface area contributed by atoms with Crippen molar-refractivity contribution in [3.63, 3.8) is 0 Å². The largest absolute Gasteiger partial charge is 0.437 e. The third kappa shape index (κ3) is 6.68. The van der Waals surface area contributed by atoms with Gasteiger partial charge in [-0.3, -0.25) is 14.7 Å². The number of aromatic amines is 1. The van der Waals surface area contributed by atoms with Crippen LogP contribution < -0.4 is 4.74 Å². The molecular formula is C33H35F3N8O2. The number of nitrogens with one attached hydrogen (secondary N) is 1. The van der Waals surface area contributed by atoms with Gasteiger partial charge in [0.25, 0.3) is 0 Å². The van der Waals surface area contributed by atoms with Crippen LogP contribution in [-0.4, -0.2) is 79.8 Å². The smallest absolute Gasteiger partial charge is 0.416 e. The Labute approximate surface area is 264 Å². The Morgan fingerprint density at radius 3 is 2.59 bits per heavy atom. The molecule has 46 heavy (non-hydrogen) atoms. The first-order valence-electron chi connectivity index (χ1n) is 15.5. The molecule has 0 saturated carbocycles. The number of piperazine rings is 1. The minimum Gasteiger partial charge on any atom is -0.437 e. The summed E-state index contributed by atoms with van der Waals surface area (Å²) in [6.45, 7) is 9.06. The molecule has 1 saturated heterocycles. The van der Waals surface area contributed by atoms with Gasteiger partial charge in [-0.15, -0.1) is 0 Å². The highest BCUT2D eigenvalue weighted by Crippen LogP contribution is 2.36. The predicted molar refractivity (Wildman–Crippen MR) is 164 cm³/mol. The monoisotopic (exact) mass is 632 g/mol. The number of carbonyl (C=O) groups excluding carboxylic acids is 1. The van der Waals surface area contributed by atoms with Crippen molar-refractivity contribution in [3.05, 3.63) is 76.5 Å². The normalized spacial score (nSPS) is 17.6. The second kappa shape index (κ2) is 13.1. The van der Waals surface area contributed by atoms with Gasteiger partial charge in [0.15, 0.2) is 0 Å². The highest BCUT2D eigenvalue weighted by molar-refractivity contribution is 5.82. The van der Waals surface area contributed by atoms with E-state index < -0.39 is 11.7 Å². The summed E-state index contributed by atoms with van der Waals surface area (Å²) in [7, 11) is 0. The fraction of sp³-hybridized carbons (Fsp3) is 0.424. The summed E-state index contributed by atoms with van der Waals surface area (Å²) in [5.41, 5.74) is 2.34. The molecule has 2 aliphatic heterocycles. The lowest BCUT2D eigenvalue weighted by Crippen LogP contribution is -2.45. The number of benzene rings is 1. The lowest BCUT2D eigenvalue weighted by Gasteiger charge is -2.34. The minimum absolute atomic E-state index is 0.0309. The summed E-state index contributed by atoms with van der Waals surface area (Å²) < 4.78 is 48.6. The number of carbonyl (C=O) groups is 1. The summed E-state index contributed by atoms with van der Waals surface area (Å²) in [4.78, 5) is 35.5. The van der Waals surface area contributed by atoms with Crippen LogP contribution in [0.1, 0.15) is 59.8 Å². The van der Waals surface area contributed by atoms with E-state index in [-0.39, 0.29) is 42.8 Å². The van der Waals surface area contributed by atoms with Crippen LogP contribution in [0.15, 0.2) is 42.9 Å². The topological polar surface area (TPSA) is 114 Å². The van der Waals surface area contributed by atoms with Gasteiger partial charge in [-0.05, 0) is 47.9 Å². The first-order valence-corrected chi connectivity index (χ1v) is 15.5. The molecule has 1 atom stereocenters. The number of halogens is 3. The van der Waals surface area contributed by atoms with Gasteiger partial charge in [-0.25, -0.2) is 9.97 Å². The average molecular weight is 633 g/mol. The second-order valence-electron chi connectivity index (χ2n) is 11.8. The molecule has 2 aliphatic rings. The maximum atomic E-state index is 14.2. The molecule has 1 unspecified atom stereocenters. The fourth-order valence-electron chi connectivity index (χ4n) is 6.28. The molecule has 0 spiro atoms. The SMILES string of the molecule is CCC1CN(C(=O)Cc2ccc(CN3CCN(CC)CC3)c(C(F)(F)F)c2)Cc2cc(Oc3ncnc4[nH]c(C#N)cc34)cnc21. The molecule has 13 heteroatoms. The van der Waals surface area contributed by atoms with E-state index in [1.807, 2.05) is 19.1 Å². The van der Waals surface area contributed by atoms with Crippen molar-refractivity contribution in [1.82, 2.24) is 34.6 Å². The third-order valence-corrected chi connectivity index (χ3v) is 8.88. The molecule has 5 heterocycles. The number of fused-ring (bicyclic) bond motifs is 2. The standard InChI is InChI=1S/C33H35F3N8O2/c1-3-22-18-44(19-24-13-26(16-38-30(22)24)46-32-27-14-25(15-37)41-31(27)39-20-40-32)29(45)12-21-5-6-23(28(11-21)33(34,35)36)17-43-9-7-42(4-2)8-10-43/h5-6,11,13-14,16,20,22H,3-4,7-10,12,17-19H2,1-2H3,(H,39,40,41). The van der Waals surface area contributed by atoms with E-state index >= 15 is 0 Å². The molecule has 1 fully saturated rings. The van der Waals surface area contributed by atoms with Gasteiger partial charge in [0.1, 0.15) is 29.5 Å². The van der Waals surface area contributed by atoms with Crippen molar-refractivity contribution >= 4 is 16.9 Å². The molecular weight excluding hydrogens is 597 g/mol. The zero-order chi connectivity index (χ0) is 32.4. The number of hydrogen-bond acceptors (Lipinski definition) is 8. The summed E-state index contributed by atoms with van der Waals surface area (Å²) in [5, 5.41) is 9.78. The highest BCUT2D eigenvalue weighted by atomic mass is 19.4. The van der Waals surface area contributed by atoms with Crippen molar-refractivity contribution in [1.29, 1.82) is 5.26 Å². The van der Waals surface area contributed by atoms with Crippen molar-refractivity contribution < 1.29 is 22.7 Å². The average Bonchev–Trinajstić information content (AvgIpc) is 3.49. The molecule has 1 amide bonds. The number of pyridine rings is 1. The number of amides is 1. The molecule has 10 nitrogen and oxygen atoms in total. The van der Waals surface area contributed by atoms with E-state index in [2.05, 4.69) is 36.7 Å². The number of nitriles is 1. The van der Waals surface area contributed by atoms with E-state index in [9.17, 15) is 23.2 Å². The lowest BCUT2D eigenvalue weighted by atomic mass is 9.92. The Kier molecular flexibility index (Phi) is 8.93. The number of alkyl halides is 3. The van der Waals surface area contributed by atoms with Crippen LogP contribution >= 0.6 is 0 Å². The van der Waals surface area contributed by atoms with Gasteiger partial charge in [0.05, 0.1) is 29.3 Å². The molecule has 4 aromatic rings. The van der Waals surface area contributed by atoms with Crippen molar-refractivity contribution in [2.24, 2.45) is 0 Å². The van der Waals surface area contributed by atoms with Crippen LogP contribution in [0.2, 0.25) is 0 Å². The first kappa shape index (κ1) is 31.4. The van der Waals surface area contributed by atoms with Gasteiger partial charge in [-0.2, -0.15) is 18.4 Å². The zero-order valence-electron chi connectivity index (χ0n) is 25.8. The number of aromatic nitrogens is 4. The Morgan fingerprint density at radius 2 is 1.87 bits per heavy atom. The highest BCUT2D eigenvalue weighted by Gasteiger charge is 2.35. The van der Waals surface area contributed by atoms with Crippen LogP contribution in [0.5, 0.6) is 11.6 Å². The molecule has 3 aromatic heterocycles. The summed E-state index contributed by atoms with van der Waals surface area (Å²) in [6.07, 6.45) is -0.990. The summed E-state index contributed by atoms with van der Waals surface area (Å²) >= 11 is 0. The fourth-order valence-corrected chi connectivity index (χ4v) is 6.28. The Bertz CT molecular complexity index is 1780. The molecule has 0 aliphatic carbocycles. The first-order chi connectivity index (χ1) is 22.1. The quantitative estimate of drug-likeness (QED) is 0.280. The molecule has 0 bridgehead atoms. The third-order valence-electron chi connectivity index (χ3n) is 8.88. The number of rotatable bonds is 8. The van der Waals surface area contributed by atoms with Crippen molar-refractivity contribution in [2.75, 3.05) is 39.3 Å². The van der Waals surface area contributed by atoms with Crippen LogP contribution in [0.3, 0.4) is 0 Å². The second-order valence-corrected chi connectivity index (χ2v) is 11.8. The van der Waals surface area contributed by atoms with Gasteiger partial charge in [0, 0.05) is 51.7 Å². The van der Waals surface area contributed by atoms with Crippen LogP contribution in [0.4, 0.5) is 13.2 Å². The summed E-state index contributed by atoms with van der Waals surface area (Å²) in [5.74, 6) is 0.383. The van der Waals surface area contributed by atoms with E-state index in [1.165, 1.54) is 12.4 Å². The van der Waals surface area contributed by atoms with E-state index in [0.29, 0.717) is 34.6 Å². The van der Waals surface area contributed by atoms with E-state index in [1.54, 1.807) is 23.2 Å².